The smallest absolute Gasteiger partial charge is 0.257 e. The zero-order valence-electron chi connectivity index (χ0n) is 10.4. The van der Waals surface area contributed by atoms with Gasteiger partial charge in [0.25, 0.3) is 5.91 Å². The maximum Gasteiger partial charge on any atom is 0.257 e. The van der Waals surface area contributed by atoms with E-state index in [4.69, 9.17) is 11.6 Å². The fourth-order valence-corrected chi connectivity index (χ4v) is 2.12. The molecule has 4 nitrogen and oxygen atoms in total. The molecule has 20 heavy (non-hydrogen) atoms. The summed E-state index contributed by atoms with van der Waals surface area (Å²) in [5, 5.41) is 3.90. The molecule has 1 N–H and O–H groups in total. The van der Waals surface area contributed by atoms with E-state index in [9.17, 15) is 4.79 Å². The van der Waals surface area contributed by atoms with Crippen LogP contribution in [0.25, 0.3) is 10.9 Å². The van der Waals surface area contributed by atoms with E-state index in [2.05, 4.69) is 15.3 Å². The highest BCUT2D eigenvalue weighted by atomic mass is 35.5. The predicted molar refractivity (Wildman–Crippen MR) is 78.9 cm³/mol. The Morgan fingerprint density at radius 1 is 1.00 bits per heavy atom. The molecule has 0 radical (unpaired) electrons. The number of para-hydroxylation sites is 1. The van der Waals surface area contributed by atoms with Crippen LogP contribution in [0, 0.1) is 0 Å². The van der Waals surface area contributed by atoms with Crippen molar-refractivity contribution < 1.29 is 4.79 Å². The van der Waals surface area contributed by atoms with Crippen LogP contribution in [0.5, 0.6) is 0 Å². The summed E-state index contributed by atoms with van der Waals surface area (Å²) in [6, 6.07) is 12.5. The molecule has 0 bridgehead atoms. The number of pyridine rings is 2. The molecule has 2 heterocycles. The monoisotopic (exact) mass is 283 g/mol. The molecule has 3 aromatic rings. The van der Waals surface area contributed by atoms with E-state index in [1.807, 2.05) is 24.3 Å². The lowest BCUT2D eigenvalue weighted by molar-refractivity contribution is 0.102. The number of nitrogens with one attached hydrogen (secondary N) is 1. The van der Waals surface area contributed by atoms with Crippen LogP contribution in [0.2, 0.25) is 5.02 Å². The Balaban J connectivity index is 1.99. The first-order valence-corrected chi connectivity index (χ1v) is 6.39. The third kappa shape index (κ3) is 2.33. The molecule has 3 rings (SSSR count). The molecule has 0 unspecified atom stereocenters. The third-order valence-electron chi connectivity index (χ3n) is 2.88. The van der Waals surface area contributed by atoms with Crippen molar-refractivity contribution in [2.24, 2.45) is 0 Å². The Morgan fingerprint density at radius 2 is 1.85 bits per heavy atom. The summed E-state index contributed by atoms with van der Waals surface area (Å²) in [5.41, 5.74) is 1.31. The van der Waals surface area contributed by atoms with Crippen molar-refractivity contribution in [1.29, 1.82) is 0 Å². The van der Waals surface area contributed by atoms with E-state index < -0.39 is 0 Å². The van der Waals surface area contributed by atoms with Crippen molar-refractivity contribution in [3.8, 4) is 0 Å². The van der Waals surface area contributed by atoms with Crippen molar-refractivity contribution in [2.75, 3.05) is 5.32 Å². The molecule has 1 amide bonds. The Bertz CT molecular complexity index is 783. The normalized spacial score (nSPS) is 10.4. The molecule has 0 atom stereocenters. The second kappa shape index (κ2) is 5.27. The topological polar surface area (TPSA) is 54.9 Å². The van der Waals surface area contributed by atoms with Gasteiger partial charge in [-0.15, -0.1) is 0 Å². The molecule has 5 heteroatoms. The van der Waals surface area contributed by atoms with Crippen LogP contribution in [0.3, 0.4) is 0 Å². The van der Waals surface area contributed by atoms with Crippen molar-refractivity contribution in [3.05, 3.63) is 65.4 Å². The van der Waals surface area contributed by atoms with Gasteiger partial charge in [-0.3, -0.25) is 9.78 Å². The minimum atomic E-state index is -0.260. The fraction of sp³-hybridized carbons (Fsp3) is 0. The summed E-state index contributed by atoms with van der Waals surface area (Å²) in [6.07, 6.45) is 3.18. The average molecular weight is 284 g/mol. The molecule has 98 valence electrons. The molecule has 0 aliphatic carbocycles. The SMILES string of the molecule is O=C(Nc1ncccc1Cl)c1ccnc2ccccc12. The number of hydrogen-bond acceptors (Lipinski definition) is 3. The Morgan fingerprint density at radius 3 is 2.70 bits per heavy atom. The first kappa shape index (κ1) is 12.6. The van der Waals surface area contributed by atoms with E-state index in [0.717, 1.165) is 10.9 Å². The highest BCUT2D eigenvalue weighted by Gasteiger charge is 2.12. The summed E-state index contributed by atoms with van der Waals surface area (Å²) < 4.78 is 0. The van der Waals surface area contributed by atoms with E-state index in [1.165, 1.54) is 0 Å². The molecule has 0 saturated carbocycles. The quantitative estimate of drug-likeness (QED) is 0.783. The third-order valence-corrected chi connectivity index (χ3v) is 3.19. The van der Waals surface area contributed by atoms with Crippen LogP contribution in [-0.2, 0) is 0 Å². The molecule has 0 spiro atoms. The van der Waals surface area contributed by atoms with Gasteiger partial charge in [-0.1, -0.05) is 29.8 Å². The van der Waals surface area contributed by atoms with Gasteiger partial charge in [0.15, 0.2) is 5.82 Å². The number of hydrogen-bond donors (Lipinski definition) is 1. The van der Waals surface area contributed by atoms with Crippen LogP contribution in [0.15, 0.2) is 54.9 Å². The van der Waals surface area contributed by atoms with Crippen molar-refractivity contribution in [3.63, 3.8) is 0 Å². The van der Waals surface area contributed by atoms with Crippen LogP contribution in [-0.4, -0.2) is 15.9 Å². The number of fused-ring (bicyclic) bond motifs is 1. The Hall–Kier alpha value is -2.46. The summed E-state index contributed by atoms with van der Waals surface area (Å²) in [6.45, 7) is 0. The van der Waals surface area contributed by atoms with Gasteiger partial charge in [-0.2, -0.15) is 0 Å². The van der Waals surface area contributed by atoms with E-state index in [-0.39, 0.29) is 5.91 Å². The average Bonchev–Trinajstić information content (AvgIpc) is 2.49. The molecular formula is C15H10ClN3O. The van der Waals surface area contributed by atoms with E-state index in [0.29, 0.717) is 16.4 Å². The first-order chi connectivity index (χ1) is 9.75. The first-order valence-electron chi connectivity index (χ1n) is 6.01. The summed E-state index contributed by atoms with van der Waals surface area (Å²) in [4.78, 5) is 20.6. The molecule has 2 aromatic heterocycles. The van der Waals surface area contributed by atoms with Gasteiger partial charge in [-0.25, -0.2) is 4.98 Å². The second-order valence-electron chi connectivity index (χ2n) is 4.16. The molecule has 0 saturated heterocycles. The van der Waals surface area contributed by atoms with Gasteiger partial charge in [0.1, 0.15) is 0 Å². The number of aromatic nitrogens is 2. The van der Waals surface area contributed by atoms with Crippen molar-refractivity contribution >= 4 is 34.2 Å². The number of anilines is 1. The minimum absolute atomic E-state index is 0.260. The van der Waals surface area contributed by atoms with Crippen LogP contribution in [0.4, 0.5) is 5.82 Å². The second-order valence-corrected chi connectivity index (χ2v) is 4.57. The maximum atomic E-state index is 12.3. The van der Waals surface area contributed by atoms with Gasteiger partial charge in [0.2, 0.25) is 0 Å². The lowest BCUT2D eigenvalue weighted by atomic mass is 10.1. The summed E-state index contributed by atoms with van der Waals surface area (Å²) >= 11 is 5.98. The van der Waals surface area contributed by atoms with Crippen molar-refractivity contribution in [1.82, 2.24) is 9.97 Å². The number of amides is 1. The highest BCUT2D eigenvalue weighted by molar-refractivity contribution is 6.33. The van der Waals surface area contributed by atoms with Crippen LogP contribution in [0.1, 0.15) is 10.4 Å². The van der Waals surface area contributed by atoms with Gasteiger partial charge >= 0.3 is 0 Å². The maximum absolute atomic E-state index is 12.3. The van der Waals surface area contributed by atoms with Crippen LogP contribution < -0.4 is 5.32 Å². The minimum Gasteiger partial charge on any atom is -0.305 e. The summed E-state index contributed by atoms with van der Waals surface area (Å²) in [5.74, 6) is 0.0873. The number of benzene rings is 1. The number of halogens is 1. The van der Waals surface area contributed by atoms with Gasteiger partial charge in [0.05, 0.1) is 16.1 Å². The van der Waals surface area contributed by atoms with Crippen LogP contribution >= 0.6 is 11.6 Å². The number of nitrogens with zero attached hydrogens (tertiary/aromatic N) is 2. The van der Waals surface area contributed by atoms with Crippen molar-refractivity contribution in [2.45, 2.75) is 0 Å². The number of carbonyl (C=O) groups excluding carboxylic acids is 1. The van der Waals surface area contributed by atoms with Gasteiger partial charge in [0, 0.05) is 17.8 Å². The molecule has 0 aliphatic heterocycles. The van der Waals surface area contributed by atoms with Gasteiger partial charge < -0.3 is 5.32 Å². The van der Waals surface area contributed by atoms with Gasteiger partial charge in [-0.05, 0) is 24.3 Å². The lowest BCUT2D eigenvalue weighted by Crippen LogP contribution is -2.13. The fourth-order valence-electron chi connectivity index (χ4n) is 1.95. The molecule has 1 aromatic carbocycles. The van der Waals surface area contributed by atoms with E-state index in [1.54, 1.807) is 30.6 Å². The molecular weight excluding hydrogens is 274 g/mol. The number of carbonyl (C=O) groups is 1. The molecule has 0 aliphatic rings. The zero-order valence-corrected chi connectivity index (χ0v) is 11.1. The summed E-state index contributed by atoms with van der Waals surface area (Å²) in [7, 11) is 0. The lowest BCUT2D eigenvalue weighted by Gasteiger charge is -2.07. The Kier molecular flexibility index (Phi) is 3.31. The predicted octanol–water partition coefficient (Wildman–Crippen LogP) is 3.54. The zero-order chi connectivity index (χ0) is 13.9. The Labute approximate surface area is 120 Å². The standard InChI is InChI=1S/C15H10ClN3O/c16-12-5-3-8-18-14(12)19-15(20)11-7-9-17-13-6-2-1-4-10(11)13/h1-9H,(H,18,19,20). The van der Waals surface area contributed by atoms with E-state index >= 15 is 0 Å². The molecule has 0 fully saturated rings. The largest absolute Gasteiger partial charge is 0.305 e. The highest BCUT2D eigenvalue weighted by Crippen LogP contribution is 2.21. The number of rotatable bonds is 2.